The SMILES string of the molecule is Cc1ccc(C(C)Nc2ccc3c(c2)CCO3)o1. The van der Waals surface area contributed by atoms with Crippen molar-refractivity contribution in [3.63, 3.8) is 0 Å². The van der Waals surface area contributed by atoms with Gasteiger partial charge in [0.25, 0.3) is 0 Å². The molecule has 0 radical (unpaired) electrons. The smallest absolute Gasteiger partial charge is 0.126 e. The predicted molar refractivity (Wildman–Crippen MR) is 71.1 cm³/mol. The monoisotopic (exact) mass is 243 g/mol. The number of furan rings is 1. The zero-order valence-corrected chi connectivity index (χ0v) is 10.7. The Bertz CT molecular complexity index is 559. The Labute approximate surface area is 107 Å². The summed E-state index contributed by atoms with van der Waals surface area (Å²) in [5.74, 6) is 2.92. The molecule has 0 fully saturated rings. The summed E-state index contributed by atoms with van der Waals surface area (Å²) >= 11 is 0. The van der Waals surface area contributed by atoms with E-state index in [1.807, 2.05) is 25.1 Å². The number of fused-ring (bicyclic) bond motifs is 1. The first-order valence-electron chi connectivity index (χ1n) is 6.31. The lowest BCUT2D eigenvalue weighted by molar-refractivity contribution is 0.357. The van der Waals surface area contributed by atoms with Gasteiger partial charge in [-0.2, -0.15) is 0 Å². The minimum absolute atomic E-state index is 0.166. The normalized spacial score (nSPS) is 15.0. The third-order valence-electron chi connectivity index (χ3n) is 3.26. The average molecular weight is 243 g/mol. The van der Waals surface area contributed by atoms with Gasteiger partial charge in [0.05, 0.1) is 12.6 Å². The van der Waals surface area contributed by atoms with Crippen molar-refractivity contribution in [3.8, 4) is 5.75 Å². The van der Waals surface area contributed by atoms with Crippen LogP contribution in [-0.2, 0) is 6.42 Å². The van der Waals surface area contributed by atoms with Gasteiger partial charge in [-0.15, -0.1) is 0 Å². The summed E-state index contributed by atoms with van der Waals surface area (Å²) in [5, 5.41) is 3.45. The highest BCUT2D eigenvalue weighted by molar-refractivity contribution is 5.53. The molecular weight excluding hydrogens is 226 g/mol. The van der Waals surface area contributed by atoms with Crippen molar-refractivity contribution in [1.82, 2.24) is 0 Å². The summed E-state index contributed by atoms with van der Waals surface area (Å²) in [6, 6.07) is 10.4. The van der Waals surface area contributed by atoms with Gasteiger partial charge in [-0.3, -0.25) is 0 Å². The van der Waals surface area contributed by atoms with Gasteiger partial charge in [-0.05, 0) is 49.7 Å². The van der Waals surface area contributed by atoms with Crippen molar-refractivity contribution in [2.24, 2.45) is 0 Å². The Kier molecular flexibility index (Phi) is 2.74. The second-order valence-corrected chi connectivity index (χ2v) is 4.74. The van der Waals surface area contributed by atoms with E-state index in [1.54, 1.807) is 0 Å². The third-order valence-corrected chi connectivity index (χ3v) is 3.26. The molecule has 1 atom stereocenters. The number of hydrogen-bond donors (Lipinski definition) is 1. The minimum atomic E-state index is 0.166. The lowest BCUT2D eigenvalue weighted by atomic mass is 10.1. The van der Waals surface area contributed by atoms with Gasteiger partial charge in [0.1, 0.15) is 17.3 Å². The molecule has 3 heteroatoms. The topological polar surface area (TPSA) is 34.4 Å². The van der Waals surface area contributed by atoms with Gasteiger partial charge in [0, 0.05) is 12.1 Å². The van der Waals surface area contributed by atoms with E-state index in [2.05, 4.69) is 24.4 Å². The fourth-order valence-corrected chi connectivity index (χ4v) is 2.28. The number of anilines is 1. The van der Waals surface area contributed by atoms with Crippen LogP contribution in [0.5, 0.6) is 5.75 Å². The maximum absolute atomic E-state index is 5.62. The largest absolute Gasteiger partial charge is 0.493 e. The molecule has 1 aromatic heterocycles. The minimum Gasteiger partial charge on any atom is -0.493 e. The second-order valence-electron chi connectivity index (χ2n) is 4.74. The fraction of sp³-hybridized carbons (Fsp3) is 0.333. The molecule has 0 bridgehead atoms. The lowest BCUT2D eigenvalue weighted by Crippen LogP contribution is -2.05. The summed E-state index contributed by atoms with van der Waals surface area (Å²) in [5.41, 5.74) is 2.39. The van der Waals surface area contributed by atoms with Crippen molar-refractivity contribution in [2.75, 3.05) is 11.9 Å². The van der Waals surface area contributed by atoms with Crippen molar-refractivity contribution in [2.45, 2.75) is 26.3 Å². The molecule has 94 valence electrons. The molecule has 0 saturated carbocycles. The summed E-state index contributed by atoms with van der Waals surface area (Å²) in [6.45, 7) is 4.86. The summed E-state index contributed by atoms with van der Waals surface area (Å²) in [7, 11) is 0. The van der Waals surface area contributed by atoms with Gasteiger partial charge in [-0.1, -0.05) is 0 Å². The van der Waals surface area contributed by atoms with E-state index >= 15 is 0 Å². The Balaban J connectivity index is 1.76. The molecule has 3 rings (SSSR count). The van der Waals surface area contributed by atoms with Crippen molar-refractivity contribution in [3.05, 3.63) is 47.4 Å². The molecule has 1 N–H and O–H groups in total. The van der Waals surface area contributed by atoms with Crippen LogP contribution in [0, 0.1) is 6.92 Å². The molecule has 1 aliphatic heterocycles. The first-order valence-corrected chi connectivity index (χ1v) is 6.31. The molecular formula is C15H17NO2. The van der Waals surface area contributed by atoms with Crippen LogP contribution in [0.4, 0.5) is 5.69 Å². The molecule has 2 heterocycles. The van der Waals surface area contributed by atoms with Crippen LogP contribution in [0.15, 0.2) is 34.7 Å². The van der Waals surface area contributed by atoms with Gasteiger partial charge < -0.3 is 14.5 Å². The first-order chi connectivity index (χ1) is 8.72. The van der Waals surface area contributed by atoms with Gasteiger partial charge in [0.15, 0.2) is 0 Å². The second kappa shape index (κ2) is 4.41. The van der Waals surface area contributed by atoms with Crippen LogP contribution in [0.2, 0.25) is 0 Å². The zero-order chi connectivity index (χ0) is 12.5. The van der Waals surface area contributed by atoms with Crippen molar-refractivity contribution < 1.29 is 9.15 Å². The van der Waals surface area contributed by atoms with E-state index < -0.39 is 0 Å². The number of hydrogen-bond acceptors (Lipinski definition) is 3. The molecule has 0 spiro atoms. The molecule has 1 aromatic carbocycles. The van der Waals surface area contributed by atoms with Gasteiger partial charge in [-0.25, -0.2) is 0 Å². The maximum atomic E-state index is 5.62. The zero-order valence-electron chi connectivity index (χ0n) is 10.7. The van der Waals surface area contributed by atoms with Crippen LogP contribution in [0.25, 0.3) is 0 Å². The number of ether oxygens (including phenoxy) is 1. The number of nitrogens with one attached hydrogen (secondary N) is 1. The predicted octanol–water partition coefficient (Wildman–Crippen LogP) is 3.70. The highest BCUT2D eigenvalue weighted by Gasteiger charge is 2.14. The van der Waals surface area contributed by atoms with Crippen LogP contribution >= 0.6 is 0 Å². The molecule has 2 aromatic rings. The van der Waals surface area contributed by atoms with Crippen LogP contribution in [0.3, 0.4) is 0 Å². The number of rotatable bonds is 3. The fourth-order valence-electron chi connectivity index (χ4n) is 2.28. The Morgan fingerprint density at radius 1 is 1.22 bits per heavy atom. The van der Waals surface area contributed by atoms with E-state index in [1.165, 1.54) is 5.56 Å². The van der Waals surface area contributed by atoms with E-state index in [4.69, 9.17) is 9.15 Å². The van der Waals surface area contributed by atoms with Crippen molar-refractivity contribution in [1.29, 1.82) is 0 Å². The highest BCUT2D eigenvalue weighted by Crippen LogP contribution is 2.29. The number of benzene rings is 1. The molecule has 1 aliphatic rings. The average Bonchev–Trinajstić information content (AvgIpc) is 2.96. The van der Waals surface area contributed by atoms with E-state index in [9.17, 15) is 0 Å². The summed E-state index contributed by atoms with van der Waals surface area (Å²) < 4.78 is 11.1. The Hall–Kier alpha value is -1.90. The molecule has 18 heavy (non-hydrogen) atoms. The van der Waals surface area contributed by atoms with Gasteiger partial charge >= 0.3 is 0 Å². The number of aryl methyl sites for hydroxylation is 1. The third kappa shape index (κ3) is 2.08. The molecule has 0 aliphatic carbocycles. The molecule has 3 nitrogen and oxygen atoms in total. The lowest BCUT2D eigenvalue weighted by Gasteiger charge is -2.13. The van der Waals surface area contributed by atoms with Crippen molar-refractivity contribution >= 4 is 5.69 Å². The standard InChI is InChI=1S/C15H17NO2/c1-10-3-5-14(18-10)11(2)16-13-4-6-15-12(9-13)7-8-17-15/h3-6,9,11,16H,7-8H2,1-2H3. The summed E-state index contributed by atoms with van der Waals surface area (Å²) in [4.78, 5) is 0. The van der Waals surface area contributed by atoms with E-state index in [-0.39, 0.29) is 6.04 Å². The molecule has 0 saturated heterocycles. The molecule has 1 unspecified atom stereocenters. The van der Waals surface area contributed by atoms with E-state index in [0.29, 0.717) is 0 Å². The van der Waals surface area contributed by atoms with E-state index in [0.717, 1.165) is 36.0 Å². The Morgan fingerprint density at radius 3 is 2.89 bits per heavy atom. The van der Waals surface area contributed by atoms with Crippen LogP contribution in [0.1, 0.15) is 30.0 Å². The Morgan fingerprint density at radius 2 is 2.11 bits per heavy atom. The van der Waals surface area contributed by atoms with Gasteiger partial charge in [0.2, 0.25) is 0 Å². The summed E-state index contributed by atoms with van der Waals surface area (Å²) in [6.07, 6.45) is 0.999. The van der Waals surface area contributed by atoms with Crippen LogP contribution in [-0.4, -0.2) is 6.61 Å². The molecule has 0 amide bonds. The van der Waals surface area contributed by atoms with Crippen LogP contribution < -0.4 is 10.1 Å². The first kappa shape index (κ1) is 11.2. The maximum Gasteiger partial charge on any atom is 0.126 e. The highest BCUT2D eigenvalue weighted by atomic mass is 16.5. The quantitative estimate of drug-likeness (QED) is 0.892.